The van der Waals surface area contributed by atoms with Crippen molar-refractivity contribution in [1.82, 2.24) is 10.1 Å². The fraction of sp³-hybridized carbons (Fsp3) is 0.182. The number of carboxylic acids is 1. The Labute approximate surface area is 106 Å². The number of nitrogens with zero attached hydrogens (tertiary/aromatic N) is 3. The first-order valence-corrected chi connectivity index (χ1v) is 5.14. The fourth-order valence-corrected chi connectivity index (χ4v) is 1.41. The second-order valence-electron chi connectivity index (χ2n) is 3.91. The van der Waals surface area contributed by atoms with E-state index in [4.69, 9.17) is 9.63 Å². The first-order chi connectivity index (χ1) is 8.90. The maximum atomic E-state index is 13.2. The molecule has 0 atom stereocenters. The lowest BCUT2D eigenvalue weighted by molar-refractivity contribution is 0.0696. The first-order valence-electron chi connectivity index (χ1n) is 5.14. The lowest BCUT2D eigenvalue weighted by Gasteiger charge is -2.04. The second kappa shape index (κ2) is 4.63. The number of carbonyl (C=O) groups is 1. The molecule has 0 bridgehead atoms. The highest BCUT2D eigenvalue weighted by molar-refractivity contribution is 5.94. The zero-order valence-corrected chi connectivity index (χ0v) is 10.0. The summed E-state index contributed by atoms with van der Waals surface area (Å²) < 4.78 is 31.1. The first kappa shape index (κ1) is 12.9. The number of benzene rings is 1. The van der Waals surface area contributed by atoms with Crippen molar-refractivity contribution in [3.8, 4) is 11.5 Å². The summed E-state index contributed by atoms with van der Waals surface area (Å²) in [6, 6.07) is 1.29. The van der Waals surface area contributed by atoms with Crippen LogP contribution in [0.4, 0.5) is 14.7 Å². The molecule has 2 rings (SSSR count). The molecule has 0 amide bonds. The number of carboxylic acid groups (broad SMARTS) is 1. The second-order valence-corrected chi connectivity index (χ2v) is 3.91. The topological polar surface area (TPSA) is 79.5 Å². The minimum atomic E-state index is -1.42. The third kappa shape index (κ3) is 2.37. The number of anilines is 1. The van der Waals surface area contributed by atoms with E-state index in [1.54, 1.807) is 14.1 Å². The van der Waals surface area contributed by atoms with Gasteiger partial charge < -0.3 is 14.5 Å². The van der Waals surface area contributed by atoms with Gasteiger partial charge in [-0.2, -0.15) is 4.98 Å². The van der Waals surface area contributed by atoms with Gasteiger partial charge in [-0.1, -0.05) is 0 Å². The number of aromatic carboxylic acids is 1. The van der Waals surface area contributed by atoms with Gasteiger partial charge in [-0.05, 0) is 17.3 Å². The average molecular weight is 269 g/mol. The van der Waals surface area contributed by atoms with Crippen molar-refractivity contribution >= 4 is 11.9 Å². The molecular formula is C11H9F2N3O3. The van der Waals surface area contributed by atoms with Gasteiger partial charge in [0.25, 0.3) is 11.8 Å². The Balaban J connectivity index is 2.59. The van der Waals surface area contributed by atoms with E-state index in [2.05, 4.69) is 10.1 Å². The maximum absolute atomic E-state index is 13.2. The fourth-order valence-electron chi connectivity index (χ4n) is 1.41. The molecule has 8 heteroatoms. The molecule has 2 aromatic rings. The van der Waals surface area contributed by atoms with E-state index in [1.165, 1.54) is 4.90 Å². The molecule has 1 heterocycles. The molecule has 0 saturated carbocycles. The van der Waals surface area contributed by atoms with Gasteiger partial charge in [0.05, 0.1) is 11.1 Å². The largest absolute Gasteiger partial charge is 0.478 e. The number of hydrogen-bond donors (Lipinski definition) is 1. The molecule has 0 radical (unpaired) electrons. The smallest absolute Gasteiger partial charge is 0.336 e. The van der Waals surface area contributed by atoms with Crippen molar-refractivity contribution in [1.29, 1.82) is 0 Å². The highest BCUT2D eigenvalue weighted by Gasteiger charge is 2.21. The van der Waals surface area contributed by atoms with E-state index in [9.17, 15) is 13.6 Å². The van der Waals surface area contributed by atoms with Crippen molar-refractivity contribution in [2.75, 3.05) is 19.0 Å². The molecule has 0 unspecified atom stereocenters. The third-order valence-electron chi connectivity index (χ3n) is 2.34. The Morgan fingerprint density at radius 2 is 1.95 bits per heavy atom. The van der Waals surface area contributed by atoms with Crippen LogP contribution in [0.2, 0.25) is 0 Å². The predicted octanol–water partition coefficient (Wildman–Crippen LogP) is 1.78. The van der Waals surface area contributed by atoms with Gasteiger partial charge in [-0.25, -0.2) is 13.6 Å². The summed E-state index contributed by atoms with van der Waals surface area (Å²) in [7, 11) is 3.30. The van der Waals surface area contributed by atoms with Crippen LogP contribution in [0.25, 0.3) is 11.5 Å². The Bertz CT molecular complexity index is 640. The van der Waals surface area contributed by atoms with Gasteiger partial charge in [0.1, 0.15) is 0 Å². The van der Waals surface area contributed by atoms with E-state index in [0.29, 0.717) is 12.1 Å². The zero-order chi connectivity index (χ0) is 14.2. The van der Waals surface area contributed by atoms with Gasteiger partial charge in [0.2, 0.25) is 0 Å². The maximum Gasteiger partial charge on any atom is 0.336 e. The Morgan fingerprint density at radius 1 is 1.32 bits per heavy atom. The third-order valence-corrected chi connectivity index (χ3v) is 2.34. The highest BCUT2D eigenvalue weighted by Crippen LogP contribution is 2.26. The van der Waals surface area contributed by atoms with Crippen LogP contribution >= 0.6 is 0 Å². The van der Waals surface area contributed by atoms with Crippen molar-refractivity contribution in [2.24, 2.45) is 0 Å². The molecule has 100 valence electrons. The molecule has 0 aliphatic carbocycles. The van der Waals surface area contributed by atoms with Crippen LogP contribution in [-0.2, 0) is 0 Å². The highest BCUT2D eigenvalue weighted by atomic mass is 19.2. The van der Waals surface area contributed by atoms with E-state index in [1.807, 2.05) is 0 Å². The standard InChI is InChI=1S/C11H9F2N3O3/c1-16(2)11-14-9(19-15-11)5-3-7(12)8(13)4-6(5)10(17)18/h3-4H,1-2H3,(H,17,18). The van der Waals surface area contributed by atoms with Crippen LogP contribution in [0, 0.1) is 11.6 Å². The molecule has 0 aliphatic rings. The van der Waals surface area contributed by atoms with Gasteiger partial charge in [0.15, 0.2) is 11.6 Å². The minimum absolute atomic E-state index is 0.174. The molecule has 6 nitrogen and oxygen atoms in total. The van der Waals surface area contributed by atoms with Crippen LogP contribution in [-0.4, -0.2) is 35.3 Å². The molecule has 19 heavy (non-hydrogen) atoms. The molecule has 1 aromatic heterocycles. The summed E-state index contributed by atoms with van der Waals surface area (Å²) in [4.78, 5) is 16.4. The molecule has 0 spiro atoms. The summed E-state index contributed by atoms with van der Waals surface area (Å²) in [5.74, 6) is -3.87. The zero-order valence-electron chi connectivity index (χ0n) is 10.0. The molecule has 0 fully saturated rings. The molecule has 0 aliphatic heterocycles. The van der Waals surface area contributed by atoms with Gasteiger partial charge in [-0.15, -0.1) is 0 Å². The summed E-state index contributed by atoms with van der Waals surface area (Å²) in [5.41, 5.74) is -0.625. The summed E-state index contributed by atoms with van der Waals surface area (Å²) in [5, 5.41) is 12.5. The molecular weight excluding hydrogens is 260 g/mol. The molecule has 0 saturated heterocycles. The van der Waals surface area contributed by atoms with Crippen molar-refractivity contribution in [3.63, 3.8) is 0 Å². The van der Waals surface area contributed by atoms with Crippen LogP contribution in [0.1, 0.15) is 10.4 Å². The molecule has 1 N–H and O–H groups in total. The normalized spacial score (nSPS) is 10.5. The van der Waals surface area contributed by atoms with E-state index < -0.39 is 23.2 Å². The summed E-state index contributed by atoms with van der Waals surface area (Å²) >= 11 is 0. The molecule has 1 aromatic carbocycles. The van der Waals surface area contributed by atoms with Gasteiger partial charge >= 0.3 is 5.97 Å². The average Bonchev–Trinajstić information content (AvgIpc) is 2.81. The summed E-state index contributed by atoms with van der Waals surface area (Å²) in [6.07, 6.45) is 0. The number of aromatic nitrogens is 2. The van der Waals surface area contributed by atoms with Crippen LogP contribution in [0.5, 0.6) is 0 Å². The lowest BCUT2D eigenvalue weighted by Crippen LogP contribution is -2.10. The number of rotatable bonds is 3. The van der Waals surface area contributed by atoms with Crippen molar-refractivity contribution in [3.05, 3.63) is 29.3 Å². The SMILES string of the molecule is CN(C)c1noc(-c2cc(F)c(F)cc2C(=O)O)n1. The van der Waals surface area contributed by atoms with Crippen LogP contribution in [0.15, 0.2) is 16.7 Å². The van der Waals surface area contributed by atoms with Crippen molar-refractivity contribution < 1.29 is 23.2 Å². The van der Waals surface area contributed by atoms with Crippen LogP contribution in [0.3, 0.4) is 0 Å². The van der Waals surface area contributed by atoms with E-state index >= 15 is 0 Å². The Hall–Kier alpha value is -2.51. The number of hydrogen-bond acceptors (Lipinski definition) is 5. The minimum Gasteiger partial charge on any atom is -0.478 e. The quantitative estimate of drug-likeness (QED) is 0.914. The Kier molecular flexibility index (Phi) is 3.16. The van der Waals surface area contributed by atoms with E-state index in [-0.39, 0.29) is 17.4 Å². The number of halogens is 2. The summed E-state index contributed by atoms with van der Waals surface area (Å²) in [6.45, 7) is 0. The predicted molar refractivity (Wildman–Crippen MR) is 60.9 cm³/mol. The van der Waals surface area contributed by atoms with Gasteiger partial charge in [-0.3, -0.25) is 0 Å². The monoisotopic (exact) mass is 269 g/mol. The lowest BCUT2D eigenvalue weighted by atomic mass is 10.1. The van der Waals surface area contributed by atoms with Crippen LogP contribution < -0.4 is 4.90 Å². The Morgan fingerprint density at radius 3 is 2.47 bits per heavy atom. The van der Waals surface area contributed by atoms with E-state index in [0.717, 1.165) is 0 Å². The van der Waals surface area contributed by atoms with Gasteiger partial charge in [0, 0.05) is 14.1 Å². The van der Waals surface area contributed by atoms with Crippen molar-refractivity contribution in [2.45, 2.75) is 0 Å².